The highest BCUT2D eigenvalue weighted by atomic mass is 32.2. The molecular weight excluding hydrogens is 196 g/mol. The first-order valence-corrected chi connectivity index (χ1v) is 6.35. The van der Waals surface area contributed by atoms with Gasteiger partial charge in [-0.15, -0.1) is 0 Å². The number of methoxy groups -OCH3 is 1. The first kappa shape index (κ1) is 12.3. The van der Waals surface area contributed by atoms with E-state index in [1.165, 1.54) is 18.8 Å². The summed E-state index contributed by atoms with van der Waals surface area (Å²) in [5.74, 6) is 1.25. The van der Waals surface area contributed by atoms with Gasteiger partial charge in [-0.05, 0) is 6.42 Å². The van der Waals surface area contributed by atoms with Gasteiger partial charge in [0.1, 0.15) is 0 Å². The molecule has 0 aromatic heterocycles. The number of nitrogens with two attached hydrogens (primary N) is 1. The molecular formula is C10H22N2OS. The first-order valence-electron chi connectivity index (χ1n) is 5.31. The predicted octanol–water partition coefficient (Wildman–Crippen LogP) is 0.788. The molecule has 1 aliphatic rings. The smallest absolute Gasteiger partial charge is 0.0477 e. The van der Waals surface area contributed by atoms with Gasteiger partial charge in [0.05, 0.1) is 0 Å². The van der Waals surface area contributed by atoms with Crippen molar-refractivity contribution in [3.8, 4) is 0 Å². The van der Waals surface area contributed by atoms with Crippen molar-refractivity contribution in [2.24, 2.45) is 5.73 Å². The third kappa shape index (κ3) is 4.64. The van der Waals surface area contributed by atoms with Crippen LogP contribution in [-0.2, 0) is 4.74 Å². The summed E-state index contributed by atoms with van der Waals surface area (Å²) in [6.45, 7) is 6.46. The Hall–Kier alpha value is 0.230. The molecule has 14 heavy (non-hydrogen) atoms. The van der Waals surface area contributed by atoms with Crippen LogP contribution in [0.25, 0.3) is 0 Å². The van der Waals surface area contributed by atoms with Crippen LogP contribution >= 0.6 is 11.8 Å². The van der Waals surface area contributed by atoms with Crippen molar-refractivity contribution < 1.29 is 4.74 Å². The predicted molar refractivity (Wildman–Crippen MR) is 62.8 cm³/mol. The van der Waals surface area contributed by atoms with E-state index in [1.54, 1.807) is 7.11 Å². The van der Waals surface area contributed by atoms with Crippen LogP contribution in [-0.4, -0.2) is 55.3 Å². The van der Waals surface area contributed by atoms with Gasteiger partial charge in [0, 0.05) is 50.4 Å². The normalized spacial score (nSPS) is 26.4. The number of thioether (sulfide) groups is 1. The Labute approximate surface area is 91.4 Å². The van der Waals surface area contributed by atoms with Crippen LogP contribution in [0.1, 0.15) is 13.3 Å². The molecule has 0 aromatic carbocycles. The van der Waals surface area contributed by atoms with E-state index < -0.39 is 0 Å². The summed E-state index contributed by atoms with van der Waals surface area (Å²) in [5.41, 5.74) is 6.01. The average Bonchev–Trinajstić information content (AvgIpc) is 2.15. The van der Waals surface area contributed by atoms with Crippen molar-refractivity contribution in [3.63, 3.8) is 0 Å². The van der Waals surface area contributed by atoms with E-state index in [1.807, 2.05) is 0 Å². The number of hydrogen-bond acceptors (Lipinski definition) is 4. The maximum atomic E-state index is 6.01. The first-order chi connectivity index (χ1) is 6.72. The molecule has 0 aliphatic carbocycles. The van der Waals surface area contributed by atoms with E-state index in [2.05, 4.69) is 23.6 Å². The minimum absolute atomic E-state index is 0.269. The standard InChI is InChI=1S/C10H22N2OS/c1-9-7-12(4-6-14-9)8-10(11)3-5-13-2/h9-10H,3-8,11H2,1-2H3. The number of ether oxygens (including phenoxy) is 1. The fourth-order valence-corrected chi connectivity index (χ4v) is 2.83. The summed E-state index contributed by atoms with van der Waals surface area (Å²) in [6.07, 6.45) is 0.967. The third-order valence-electron chi connectivity index (χ3n) is 2.51. The molecule has 0 amide bonds. The zero-order valence-corrected chi connectivity index (χ0v) is 10.1. The summed E-state index contributed by atoms with van der Waals surface area (Å²) < 4.78 is 5.02. The Morgan fingerprint density at radius 3 is 3.07 bits per heavy atom. The van der Waals surface area contributed by atoms with Gasteiger partial charge in [0.25, 0.3) is 0 Å². The molecule has 0 bridgehead atoms. The maximum absolute atomic E-state index is 6.01. The Bertz CT molecular complexity index is 157. The molecule has 3 nitrogen and oxygen atoms in total. The van der Waals surface area contributed by atoms with Crippen molar-refractivity contribution in [1.82, 2.24) is 4.90 Å². The summed E-state index contributed by atoms with van der Waals surface area (Å²) in [6, 6.07) is 0.269. The molecule has 0 saturated carbocycles. The topological polar surface area (TPSA) is 38.5 Å². The quantitative estimate of drug-likeness (QED) is 0.740. The Morgan fingerprint density at radius 1 is 1.64 bits per heavy atom. The molecule has 0 spiro atoms. The van der Waals surface area contributed by atoms with Gasteiger partial charge in [0.2, 0.25) is 0 Å². The Balaban J connectivity index is 2.15. The summed E-state index contributed by atoms with van der Waals surface area (Å²) in [7, 11) is 1.73. The molecule has 1 fully saturated rings. The summed E-state index contributed by atoms with van der Waals surface area (Å²) in [4.78, 5) is 2.47. The molecule has 0 aromatic rings. The highest BCUT2D eigenvalue weighted by Gasteiger charge is 2.18. The fourth-order valence-electron chi connectivity index (χ4n) is 1.75. The second kappa shape index (κ2) is 6.67. The molecule has 84 valence electrons. The van der Waals surface area contributed by atoms with E-state index in [0.29, 0.717) is 0 Å². The molecule has 2 atom stereocenters. The van der Waals surface area contributed by atoms with Gasteiger partial charge < -0.3 is 10.5 Å². The van der Waals surface area contributed by atoms with Crippen LogP contribution in [0.4, 0.5) is 0 Å². The van der Waals surface area contributed by atoms with Crippen molar-refractivity contribution in [1.29, 1.82) is 0 Å². The van der Waals surface area contributed by atoms with Crippen LogP contribution in [0.3, 0.4) is 0 Å². The summed E-state index contributed by atoms with van der Waals surface area (Å²) in [5, 5.41) is 0.762. The second-order valence-corrected chi connectivity index (χ2v) is 5.53. The molecule has 4 heteroatoms. The van der Waals surface area contributed by atoms with E-state index in [0.717, 1.165) is 24.8 Å². The molecule has 1 heterocycles. The van der Waals surface area contributed by atoms with Gasteiger partial charge >= 0.3 is 0 Å². The van der Waals surface area contributed by atoms with Gasteiger partial charge in [-0.25, -0.2) is 0 Å². The zero-order chi connectivity index (χ0) is 10.4. The van der Waals surface area contributed by atoms with Gasteiger partial charge in [-0.2, -0.15) is 11.8 Å². The third-order valence-corrected chi connectivity index (χ3v) is 3.65. The highest BCUT2D eigenvalue weighted by molar-refractivity contribution is 7.99. The molecule has 1 rings (SSSR count). The van der Waals surface area contributed by atoms with E-state index >= 15 is 0 Å². The molecule has 1 aliphatic heterocycles. The van der Waals surface area contributed by atoms with Gasteiger partial charge in [-0.1, -0.05) is 6.92 Å². The van der Waals surface area contributed by atoms with Gasteiger partial charge in [-0.3, -0.25) is 4.90 Å². The highest BCUT2D eigenvalue weighted by Crippen LogP contribution is 2.17. The lowest BCUT2D eigenvalue weighted by atomic mass is 10.2. The van der Waals surface area contributed by atoms with E-state index in [9.17, 15) is 0 Å². The lowest BCUT2D eigenvalue weighted by Crippen LogP contribution is -2.44. The number of rotatable bonds is 5. The van der Waals surface area contributed by atoms with Crippen molar-refractivity contribution in [3.05, 3.63) is 0 Å². The van der Waals surface area contributed by atoms with E-state index in [4.69, 9.17) is 10.5 Å². The zero-order valence-electron chi connectivity index (χ0n) is 9.24. The van der Waals surface area contributed by atoms with Crippen LogP contribution in [0, 0.1) is 0 Å². The second-order valence-electron chi connectivity index (χ2n) is 3.98. The monoisotopic (exact) mass is 218 g/mol. The van der Waals surface area contributed by atoms with Crippen LogP contribution in [0.15, 0.2) is 0 Å². The van der Waals surface area contributed by atoms with Crippen molar-refractivity contribution in [2.45, 2.75) is 24.6 Å². The lowest BCUT2D eigenvalue weighted by Gasteiger charge is -2.32. The molecule has 1 saturated heterocycles. The maximum Gasteiger partial charge on any atom is 0.0477 e. The van der Waals surface area contributed by atoms with Crippen molar-refractivity contribution in [2.75, 3.05) is 39.1 Å². The average molecular weight is 218 g/mol. The molecule has 2 N–H and O–H groups in total. The van der Waals surface area contributed by atoms with Crippen LogP contribution < -0.4 is 5.73 Å². The molecule has 2 unspecified atom stereocenters. The van der Waals surface area contributed by atoms with Gasteiger partial charge in [0.15, 0.2) is 0 Å². The largest absolute Gasteiger partial charge is 0.385 e. The minimum Gasteiger partial charge on any atom is -0.385 e. The Kier molecular flexibility index (Phi) is 5.86. The summed E-state index contributed by atoms with van der Waals surface area (Å²) >= 11 is 2.06. The Morgan fingerprint density at radius 2 is 2.43 bits per heavy atom. The van der Waals surface area contributed by atoms with Crippen LogP contribution in [0.2, 0.25) is 0 Å². The van der Waals surface area contributed by atoms with Crippen molar-refractivity contribution >= 4 is 11.8 Å². The number of hydrogen-bond donors (Lipinski definition) is 1. The van der Waals surface area contributed by atoms with E-state index in [-0.39, 0.29) is 6.04 Å². The van der Waals surface area contributed by atoms with Crippen LogP contribution in [0.5, 0.6) is 0 Å². The SMILES string of the molecule is COCCC(N)CN1CCSC(C)C1. The fraction of sp³-hybridized carbons (Fsp3) is 1.00. The number of nitrogens with zero attached hydrogens (tertiary/aromatic N) is 1. The lowest BCUT2D eigenvalue weighted by molar-refractivity contribution is 0.176. The molecule has 0 radical (unpaired) electrons. The minimum atomic E-state index is 0.269.